The van der Waals surface area contributed by atoms with Crippen LogP contribution in [-0.2, 0) is 0 Å². The third kappa shape index (κ3) is 5.20. The van der Waals surface area contributed by atoms with Crippen molar-refractivity contribution in [3.05, 3.63) is 64.1 Å². The number of hydrogen-bond donors (Lipinski definition) is 0. The van der Waals surface area contributed by atoms with Gasteiger partial charge in [-0.05, 0) is 74.2 Å². The lowest BCUT2D eigenvalue weighted by Crippen LogP contribution is -2.19. The topological polar surface area (TPSA) is 26.3 Å². The van der Waals surface area contributed by atoms with E-state index in [1.807, 2.05) is 62.4 Å². The highest BCUT2D eigenvalue weighted by atomic mass is 79.9. The summed E-state index contributed by atoms with van der Waals surface area (Å²) in [7, 11) is 0. The second kappa shape index (κ2) is 9.63. The van der Waals surface area contributed by atoms with E-state index in [2.05, 4.69) is 15.9 Å². The molecule has 0 amide bonds. The molecule has 2 aromatic carbocycles. The Balaban J connectivity index is 0.00000100. The number of carbonyl (C=O) groups is 1. The molecule has 1 fully saturated rings. The van der Waals surface area contributed by atoms with Gasteiger partial charge < -0.3 is 4.74 Å². The quantitative estimate of drug-likeness (QED) is 0.564. The van der Waals surface area contributed by atoms with E-state index >= 15 is 0 Å². The Kier molecular flexibility index (Phi) is 7.51. The first-order valence-corrected chi connectivity index (χ1v) is 9.59. The molecule has 0 radical (unpaired) electrons. The Labute approximate surface area is 153 Å². The van der Waals surface area contributed by atoms with Crippen molar-refractivity contribution in [2.24, 2.45) is 0 Å². The number of ketones is 1. The fourth-order valence-corrected chi connectivity index (χ4v) is 3.09. The number of hydrogen-bond acceptors (Lipinski definition) is 2. The van der Waals surface area contributed by atoms with Crippen LogP contribution in [0.25, 0.3) is 0 Å². The maximum Gasteiger partial charge on any atom is 0.193 e. The van der Waals surface area contributed by atoms with E-state index in [1.165, 1.54) is 19.3 Å². The summed E-state index contributed by atoms with van der Waals surface area (Å²) in [6, 6.07) is 14.9. The van der Waals surface area contributed by atoms with Crippen LogP contribution in [0.5, 0.6) is 5.75 Å². The molecule has 0 aliphatic heterocycles. The molecule has 2 aromatic rings. The zero-order valence-electron chi connectivity index (χ0n) is 14.4. The Morgan fingerprint density at radius 3 is 1.92 bits per heavy atom. The van der Waals surface area contributed by atoms with E-state index in [1.54, 1.807) is 0 Å². The van der Waals surface area contributed by atoms with Crippen LogP contribution in [0.2, 0.25) is 0 Å². The maximum absolute atomic E-state index is 12.4. The Bertz CT molecular complexity index is 626. The molecule has 3 heteroatoms. The predicted molar refractivity (Wildman–Crippen MR) is 103 cm³/mol. The van der Waals surface area contributed by atoms with Crippen molar-refractivity contribution < 1.29 is 9.53 Å². The van der Waals surface area contributed by atoms with Gasteiger partial charge in [-0.2, -0.15) is 0 Å². The second-order valence-electron chi connectivity index (χ2n) is 5.74. The van der Waals surface area contributed by atoms with Crippen molar-refractivity contribution in [3.63, 3.8) is 0 Å². The van der Waals surface area contributed by atoms with Gasteiger partial charge in [0.15, 0.2) is 5.78 Å². The average Bonchev–Trinajstić information content (AvgIpc) is 2.65. The molecule has 128 valence electrons. The predicted octanol–water partition coefficient (Wildman–Crippen LogP) is 6.42. The lowest BCUT2D eigenvalue weighted by molar-refractivity contribution is 0.103. The van der Waals surface area contributed by atoms with Crippen molar-refractivity contribution in [1.82, 2.24) is 0 Å². The number of carbonyl (C=O) groups excluding carboxylic acids is 1. The molecule has 0 bridgehead atoms. The largest absolute Gasteiger partial charge is 0.490 e. The minimum Gasteiger partial charge on any atom is -0.490 e. The highest BCUT2D eigenvalue weighted by Crippen LogP contribution is 2.24. The second-order valence-corrected chi connectivity index (χ2v) is 6.65. The van der Waals surface area contributed by atoms with E-state index in [0.717, 1.165) is 23.1 Å². The first kappa shape index (κ1) is 18.7. The van der Waals surface area contributed by atoms with Gasteiger partial charge in [-0.1, -0.05) is 36.2 Å². The SMILES string of the molecule is CC.O=C(c1ccc(Br)cc1)c1ccc(OC2CCCCC2)cc1. The molecular weight excluding hydrogens is 364 g/mol. The van der Waals surface area contributed by atoms with E-state index in [9.17, 15) is 4.79 Å². The van der Waals surface area contributed by atoms with Crippen LogP contribution in [0.3, 0.4) is 0 Å². The number of rotatable bonds is 4. The summed E-state index contributed by atoms with van der Waals surface area (Å²) in [6.07, 6.45) is 6.44. The summed E-state index contributed by atoms with van der Waals surface area (Å²) >= 11 is 3.38. The van der Waals surface area contributed by atoms with Crippen LogP contribution >= 0.6 is 15.9 Å². The first-order valence-electron chi connectivity index (χ1n) is 8.79. The van der Waals surface area contributed by atoms with Crippen LogP contribution in [0.1, 0.15) is 61.9 Å². The molecule has 0 unspecified atom stereocenters. The molecule has 0 atom stereocenters. The van der Waals surface area contributed by atoms with Gasteiger partial charge in [-0.15, -0.1) is 0 Å². The van der Waals surface area contributed by atoms with Crippen molar-refractivity contribution in [1.29, 1.82) is 0 Å². The van der Waals surface area contributed by atoms with Crippen LogP contribution in [0.4, 0.5) is 0 Å². The molecule has 0 spiro atoms. The highest BCUT2D eigenvalue weighted by molar-refractivity contribution is 9.10. The van der Waals surface area contributed by atoms with Gasteiger partial charge in [0, 0.05) is 15.6 Å². The number of ether oxygens (including phenoxy) is 1. The molecule has 24 heavy (non-hydrogen) atoms. The third-order valence-corrected chi connectivity index (χ3v) is 4.61. The summed E-state index contributed by atoms with van der Waals surface area (Å²) in [5, 5.41) is 0. The zero-order chi connectivity index (χ0) is 17.4. The summed E-state index contributed by atoms with van der Waals surface area (Å²) in [5.74, 6) is 0.899. The zero-order valence-corrected chi connectivity index (χ0v) is 16.0. The smallest absolute Gasteiger partial charge is 0.193 e. The first-order chi connectivity index (χ1) is 11.7. The van der Waals surface area contributed by atoms with Crippen LogP contribution in [0.15, 0.2) is 53.0 Å². The lowest BCUT2D eigenvalue weighted by Gasteiger charge is -2.23. The Morgan fingerprint density at radius 2 is 1.38 bits per heavy atom. The van der Waals surface area contributed by atoms with Crippen LogP contribution < -0.4 is 4.74 Å². The monoisotopic (exact) mass is 388 g/mol. The number of halogens is 1. The lowest BCUT2D eigenvalue weighted by atomic mass is 9.98. The van der Waals surface area contributed by atoms with E-state index in [4.69, 9.17) is 4.74 Å². The molecule has 0 saturated heterocycles. The van der Waals surface area contributed by atoms with E-state index in [-0.39, 0.29) is 5.78 Å². The third-order valence-electron chi connectivity index (χ3n) is 4.08. The average molecular weight is 389 g/mol. The molecule has 1 aliphatic carbocycles. The fraction of sp³-hybridized carbons (Fsp3) is 0.381. The molecule has 2 nitrogen and oxygen atoms in total. The summed E-state index contributed by atoms with van der Waals surface area (Å²) in [6.45, 7) is 4.00. The minimum atomic E-state index is 0.0386. The van der Waals surface area contributed by atoms with Gasteiger partial charge in [0.1, 0.15) is 5.75 Å². The Hall–Kier alpha value is -1.61. The molecule has 3 rings (SSSR count). The van der Waals surface area contributed by atoms with Gasteiger partial charge in [0.25, 0.3) is 0 Å². The molecule has 0 heterocycles. The van der Waals surface area contributed by atoms with Crippen LogP contribution in [-0.4, -0.2) is 11.9 Å². The van der Waals surface area contributed by atoms with Crippen molar-refractivity contribution in [3.8, 4) is 5.75 Å². The number of benzene rings is 2. The summed E-state index contributed by atoms with van der Waals surface area (Å²) < 4.78 is 6.97. The summed E-state index contributed by atoms with van der Waals surface area (Å²) in [4.78, 5) is 12.4. The minimum absolute atomic E-state index is 0.0386. The van der Waals surface area contributed by atoms with E-state index < -0.39 is 0 Å². The van der Waals surface area contributed by atoms with Gasteiger partial charge in [0.2, 0.25) is 0 Å². The van der Waals surface area contributed by atoms with Crippen LogP contribution in [0, 0.1) is 0 Å². The molecular formula is C21H25BrO2. The molecule has 0 aromatic heterocycles. The van der Waals surface area contributed by atoms with Crippen molar-refractivity contribution >= 4 is 21.7 Å². The molecule has 1 saturated carbocycles. The normalized spacial score (nSPS) is 14.5. The van der Waals surface area contributed by atoms with Crippen molar-refractivity contribution in [2.75, 3.05) is 0 Å². The van der Waals surface area contributed by atoms with Gasteiger partial charge in [-0.3, -0.25) is 4.79 Å². The Morgan fingerprint density at radius 1 is 0.875 bits per heavy atom. The molecule has 0 N–H and O–H groups in total. The van der Waals surface area contributed by atoms with Crippen molar-refractivity contribution in [2.45, 2.75) is 52.1 Å². The molecule has 1 aliphatic rings. The summed E-state index contributed by atoms with van der Waals surface area (Å²) in [5.41, 5.74) is 1.39. The fourth-order valence-electron chi connectivity index (χ4n) is 2.83. The maximum atomic E-state index is 12.4. The van der Waals surface area contributed by atoms with E-state index in [0.29, 0.717) is 17.2 Å². The van der Waals surface area contributed by atoms with Gasteiger partial charge in [0.05, 0.1) is 6.10 Å². The van der Waals surface area contributed by atoms with Gasteiger partial charge >= 0.3 is 0 Å². The highest BCUT2D eigenvalue weighted by Gasteiger charge is 2.15. The van der Waals surface area contributed by atoms with Gasteiger partial charge in [-0.25, -0.2) is 0 Å². The standard InChI is InChI=1S/C19H19BrO2.C2H6/c20-16-10-6-14(7-11-16)19(21)15-8-12-18(13-9-15)22-17-4-2-1-3-5-17;1-2/h6-13,17H,1-5H2;1-2H3.